The molecule has 82 valence electrons. The summed E-state index contributed by atoms with van der Waals surface area (Å²) in [5.74, 6) is 1.01. The molecule has 1 heterocycles. The van der Waals surface area contributed by atoms with Gasteiger partial charge in [0.1, 0.15) is 5.82 Å². The van der Waals surface area contributed by atoms with E-state index in [-0.39, 0.29) is 0 Å². The fourth-order valence-electron chi connectivity index (χ4n) is 1.71. The number of hydrogen-bond donors (Lipinski definition) is 0. The minimum atomic E-state index is 0.346. The molecule has 1 aromatic carbocycles. The van der Waals surface area contributed by atoms with Crippen molar-refractivity contribution < 1.29 is 0 Å². The maximum atomic E-state index is 5.73. The van der Waals surface area contributed by atoms with E-state index in [0.717, 1.165) is 11.3 Å². The second kappa shape index (κ2) is 4.62. The predicted molar refractivity (Wildman–Crippen MR) is 66.5 cm³/mol. The molecule has 2 nitrogen and oxygen atoms in total. The summed E-state index contributed by atoms with van der Waals surface area (Å²) in [6, 6.07) is 8.24. The van der Waals surface area contributed by atoms with Gasteiger partial charge in [0.25, 0.3) is 0 Å². The molecule has 0 aliphatic carbocycles. The van der Waals surface area contributed by atoms with Gasteiger partial charge in [-0.2, -0.15) is 0 Å². The van der Waals surface area contributed by atoms with Gasteiger partial charge in [-0.15, -0.1) is 11.6 Å². The topological polar surface area (TPSA) is 25.8 Å². The van der Waals surface area contributed by atoms with Gasteiger partial charge in [0.2, 0.25) is 0 Å². The Balaban J connectivity index is 2.49. The second-order valence-electron chi connectivity index (χ2n) is 3.81. The van der Waals surface area contributed by atoms with Crippen LogP contribution in [0, 0.1) is 13.8 Å². The predicted octanol–water partition coefficient (Wildman–Crippen LogP) is 3.50. The van der Waals surface area contributed by atoms with Crippen molar-refractivity contribution in [3.8, 4) is 11.3 Å². The lowest BCUT2D eigenvalue weighted by Crippen LogP contribution is -1.94. The van der Waals surface area contributed by atoms with Crippen molar-refractivity contribution >= 4 is 11.6 Å². The Bertz CT molecular complexity index is 509. The number of aromatic nitrogens is 2. The summed E-state index contributed by atoms with van der Waals surface area (Å²) in [4.78, 5) is 8.50. The Hall–Kier alpha value is -1.41. The van der Waals surface area contributed by atoms with Gasteiger partial charge in [0, 0.05) is 11.8 Å². The zero-order valence-corrected chi connectivity index (χ0v) is 10.1. The molecule has 2 rings (SSSR count). The first-order valence-electron chi connectivity index (χ1n) is 5.16. The Kier molecular flexibility index (Phi) is 3.20. The number of benzene rings is 1. The highest BCUT2D eigenvalue weighted by Crippen LogP contribution is 2.22. The molecular weight excluding hydrogens is 220 g/mol. The molecule has 16 heavy (non-hydrogen) atoms. The molecule has 0 saturated carbocycles. The minimum absolute atomic E-state index is 0.346. The molecule has 0 bridgehead atoms. The van der Waals surface area contributed by atoms with Crippen molar-refractivity contribution in [2.45, 2.75) is 19.7 Å². The lowest BCUT2D eigenvalue weighted by molar-refractivity contribution is 1.03. The average molecular weight is 233 g/mol. The zero-order chi connectivity index (χ0) is 11.5. The van der Waals surface area contributed by atoms with Crippen molar-refractivity contribution in [3.05, 3.63) is 47.4 Å². The van der Waals surface area contributed by atoms with E-state index in [2.05, 4.69) is 42.0 Å². The minimum Gasteiger partial charge on any atom is -0.240 e. The molecular formula is C13H13ClN2. The van der Waals surface area contributed by atoms with E-state index < -0.39 is 0 Å². The molecule has 1 aromatic heterocycles. The van der Waals surface area contributed by atoms with Gasteiger partial charge in [-0.05, 0) is 25.5 Å². The summed E-state index contributed by atoms with van der Waals surface area (Å²) in [5, 5.41) is 0. The summed E-state index contributed by atoms with van der Waals surface area (Å²) in [7, 11) is 0. The van der Waals surface area contributed by atoms with E-state index in [1.165, 1.54) is 11.1 Å². The molecule has 0 N–H and O–H groups in total. The smallest absolute Gasteiger partial charge is 0.143 e. The molecule has 2 aromatic rings. The van der Waals surface area contributed by atoms with E-state index in [9.17, 15) is 0 Å². The number of alkyl halides is 1. The Labute approximate surface area is 100 Å². The molecule has 0 unspecified atom stereocenters. The van der Waals surface area contributed by atoms with Gasteiger partial charge < -0.3 is 0 Å². The van der Waals surface area contributed by atoms with Crippen LogP contribution in [0.5, 0.6) is 0 Å². The third kappa shape index (κ3) is 2.22. The van der Waals surface area contributed by atoms with Crippen molar-refractivity contribution in [2.24, 2.45) is 0 Å². The molecule has 0 spiro atoms. The number of aryl methyl sites for hydroxylation is 2. The summed E-state index contributed by atoms with van der Waals surface area (Å²) in [6.07, 6.45) is 1.75. The van der Waals surface area contributed by atoms with Crippen LogP contribution < -0.4 is 0 Å². The third-order valence-electron chi connectivity index (χ3n) is 2.48. The number of halogens is 1. The number of rotatable bonds is 2. The molecule has 0 radical (unpaired) electrons. The molecule has 0 saturated heterocycles. The van der Waals surface area contributed by atoms with Crippen LogP contribution in [-0.2, 0) is 5.88 Å². The van der Waals surface area contributed by atoms with E-state index >= 15 is 0 Å². The molecule has 3 heteroatoms. The van der Waals surface area contributed by atoms with Crippen LogP contribution in [0.1, 0.15) is 17.0 Å². The summed E-state index contributed by atoms with van der Waals surface area (Å²) >= 11 is 5.73. The maximum absolute atomic E-state index is 5.73. The van der Waals surface area contributed by atoms with E-state index in [1.807, 2.05) is 6.07 Å². The highest BCUT2D eigenvalue weighted by atomic mass is 35.5. The summed E-state index contributed by atoms with van der Waals surface area (Å²) < 4.78 is 0. The van der Waals surface area contributed by atoms with Gasteiger partial charge in [0.15, 0.2) is 0 Å². The average Bonchev–Trinajstić information content (AvgIpc) is 2.29. The van der Waals surface area contributed by atoms with E-state index in [0.29, 0.717) is 11.7 Å². The van der Waals surface area contributed by atoms with Crippen LogP contribution in [0.25, 0.3) is 11.3 Å². The van der Waals surface area contributed by atoms with Gasteiger partial charge in [-0.25, -0.2) is 9.97 Å². The highest BCUT2D eigenvalue weighted by Gasteiger charge is 2.04. The summed E-state index contributed by atoms with van der Waals surface area (Å²) in [5.41, 5.74) is 4.55. The highest BCUT2D eigenvalue weighted by molar-refractivity contribution is 6.16. The van der Waals surface area contributed by atoms with Gasteiger partial charge in [0.05, 0.1) is 11.6 Å². The zero-order valence-electron chi connectivity index (χ0n) is 9.37. The van der Waals surface area contributed by atoms with Crippen LogP contribution in [0.15, 0.2) is 30.5 Å². The number of hydrogen-bond acceptors (Lipinski definition) is 2. The molecule has 0 atom stereocenters. The SMILES string of the molecule is Cc1ccc(-c2ccnc(CCl)n2)c(C)c1. The van der Waals surface area contributed by atoms with Crippen molar-refractivity contribution in [1.82, 2.24) is 9.97 Å². The van der Waals surface area contributed by atoms with Gasteiger partial charge in [-0.1, -0.05) is 23.8 Å². The van der Waals surface area contributed by atoms with Gasteiger partial charge in [-0.3, -0.25) is 0 Å². The lowest BCUT2D eigenvalue weighted by atomic mass is 10.0. The van der Waals surface area contributed by atoms with Crippen molar-refractivity contribution in [2.75, 3.05) is 0 Å². The molecule has 0 aliphatic rings. The van der Waals surface area contributed by atoms with Crippen LogP contribution >= 0.6 is 11.6 Å². The fraction of sp³-hybridized carbons (Fsp3) is 0.231. The number of nitrogens with zero attached hydrogens (tertiary/aromatic N) is 2. The van der Waals surface area contributed by atoms with Gasteiger partial charge >= 0.3 is 0 Å². The van der Waals surface area contributed by atoms with Crippen LogP contribution in [0.4, 0.5) is 0 Å². The third-order valence-corrected chi connectivity index (χ3v) is 2.72. The first-order valence-corrected chi connectivity index (χ1v) is 5.69. The molecule has 0 fully saturated rings. The fourth-order valence-corrected chi connectivity index (χ4v) is 1.84. The first-order chi connectivity index (χ1) is 7.70. The Morgan fingerprint density at radius 1 is 1.19 bits per heavy atom. The summed E-state index contributed by atoms with van der Waals surface area (Å²) in [6.45, 7) is 4.17. The first kappa shape index (κ1) is 11.1. The largest absolute Gasteiger partial charge is 0.240 e. The second-order valence-corrected chi connectivity index (χ2v) is 4.08. The molecule has 0 aliphatic heterocycles. The van der Waals surface area contributed by atoms with Crippen LogP contribution in [-0.4, -0.2) is 9.97 Å². The normalized spacial score (nSPS) is 10.4. The van der Waals surface area contributed by atoms with Crippen LogP contribution in [0.3, 0.4) is 0 Å². The van der Waals surface area contributed by atoms with Crippen LogP contribution in [0.2, 0.25) is 0 Å². The van der Waals surface area contributed by atoms with E-state index in [1.54, 1.807) is 6.20 Å². The Morgan fingerprint density at radius 3 is 2.69 bits per heavy atom. The molecule has 0 amide bonds. The monoisotopic (exact) mass is 232 g/mol. The van der Waals surface area contributed by atoms with Crippen molar-refractivity contribution in [3.63, 3.8) is 0 Å². The quantitative estimate of drug-likeness (QED) is 0.741. The standard InChI is InChI=1S/C13H13ClN2/c1-9-3-4-11(10(2)7-9)12-5-6-15-13(8-14)16-12/h3-7H,8H2,1-2H3. The van der Waals surface area contributed by atoms with E-state index in [4.69, 9.17) is 11.6 Å². The lowest BCUT2D eigenvalue weighted by Gasteiger charge is -2.06. The Morgan fingerprint density at radius 2 is 2.00 bits per heavy atom. The maximum Gasteiger partial charge on any atom is 0.143 e. The van der Waals surface area contributed by atoms with Crippen molar-refractivity contribution in [1.29, 1.82) is 0 Å².